The average Bonchev–Trinajstić information content (AvgIpc) is 2.55. The second-order valence-electron chi connectivity index (χ2n) is 7.53. The fraction of sp³-hybridized carbons (Fsp3) is 0.400. The van der Waals surface area contributed by atoms with Crippen LogP contribution in [0.4, 0.5) is 0 Å². The van der Waals surface area contributed by atoms with E-state index in [1.165, 1.54) is 0 Å². The molecule has 0 saturated carbocycles. The van der Waals surface area contributed by atoms with Crippen molar-refractivity contribution in [3.63, 3.8) is 0 Å². The van der Waals surface area contributed by atoms with Crippen LogP contribution in [0.2, 0.25) is 18.1 Å². The van der Waals surface area contributed by atoms with Crippen LogP contribution in [0, 0.1) is 0 Å². The van der Waals surface area contributed by atoms with E-state index in [9.17, 15) is 0 Å². The lowest BCUT2D eigenvalue weighted by atomic mass is 10.2. The summed E-state index contributed by atoms with van der Waals surface area (Å²) < 4.78 is 18.7. The lowest BCUT2D eigenvalue weighted by Gasteiger charge is -2.35. The lowest BCUT2D eigenvalue weighted by Crippen LogP contribution is -2.41. The molecule has 2 rings (SSSR count). The predicted molar refractivity (Wildman–Crippen MR) is 109 cm³/mol. The highest BCUT2D eigenvalue weighted by Crippen LogP contribution is 2.37. The second-order valence-corrected chi connectivity index (χ2v) is 13.2. The Morgan fingerprint density at radius 1 is 0.960 bits per heavy atom. The highest BCUT2D eigenvalue weighted by atomic mass is 79.9. The van der Waals surface area contributed by atoms with Crippen LogP contribution < -0.4 is 9.47 Å². The van der Waals surface area contributed by atoms with Crippen LogP contribution in [-0.2, 0) is 11.0 Å². The van der Waals surface area contributed by atoms with E-state index in [0.29, 0.717) is 6.61 Å². The van der Waals surface area contributed by atoms with E-state index in [1.54, 1.807) is 0 Å². The minimum atomic E-state index is -1.82. The topological polar surface area (TPSA) is 27.7 Å². The average molecular weight is 423 g/mol. The van der Waals surface area contributed by atoms with Gasteiger partial charge in [-0.05, 0) is 51.8 Å². The Hall–Kier alpha value is -1.30. The van der Waals surface area contributed by atoms with Gasteiger partial charge in [0, 0.05) is 6.07 Å². The second kappa shape index (κ2) is 8.38. The number of benzene rings is 2. The molecule has 3 nitrogen and oxygen atoms in total. The van der Waals surface area contributed by atoms with E-state index in [1.807, 2.05) is 48.5 Å². The molecule has 0 aliphatic carbocycles. The highest BCUT2D eigenvalue weighted by Gasteiger charge is 2.37. The van der Waals surface area contributed by atoms with Crippen molar-refractivity contribution < 1.29 is 13.9 Å². The first kappa shape index (κ1) is 20.0. The molecule has 2 aromatic rings. The third-order valence-electron chi connectivity index (χ3n) is 4.59. The Bertz CT molecular complexity index is 681. The molecule has 0 aromatic heterocycles. The Labute approximate surface area is 160 Å². The molecule has 0 atom stereocenters. The molecule has 0 heterocycles. The molecule has 0 fully saturated rings. The molecule has 0 aliphatic rings. The minimum absolute atomic E-state index is 0.161. The van der Waals surface area contributed by atoms with Gasteiger partial charge in [-0.2, -0.15) is 0 Å². The Balaban J connectivity index is 1.95. The highest BCUT2D eigenvalue weighted by molar-refractivity contribution is 9.10. The van der Waals surface area contributed by atoms with Crippen LogP contribution in [0.3, 0.4) is 0 Å². The monoisotopic (exact) mass is 422 g/mol. The fourth-order valence-electron chi connectivity index (χ4n) is 1.88. The molecule has 0 aliphatic heterocycles. The van der Waals surface area contributed by atoms with E-state index in [4.69, 9.17) is 13.9 Å². The zero-order chi connectivity index (χ0) is 18.5. The van der Waals surface area contributed by atoms with Gasteiger partial charge in [-0.15, -0.1) is 0 Å². The first-order chi connectivity index (χ1) is 11.7. The lowest BCUT2D eigenvalue weighted by molar-refractivity contribution is 0.105. The van der Waals surface area contributed by atoms with Gasteiger partial charge in [0.25, 0.3) is 0 Å². The van der Waals surface area contributed by atoms with E-state index >= 15 is 0 Å². The summed E-state index contributed by atoms with van der Waals surface area (Å²) in [6.07, 6.45) is 0. The summed E-state index contributed by atoms with van der Waals surface area (Å²) >= 11 is 3.52. The molecule has 0 unspecified atom stereocenters. The predicted octanol–water partition coefficient (Wildman–Crippen LogP) is 6.39. The molecule has 0 amide bonds. The molecule has 136 valence electrons. The summed E-state index contributed by atoms with van der Waals surface area (Å²) in [5, 5.41) is 0.161. The molecule has 25 heavy (non-hydrogen) atoms. The van der Waals surface area contributed by atoms with Crippen molar-refractivity contribution in [2.75, 3.05) is 6.79 Å². The van der Waals surface area contributed by atoms with Crippen LogP contribution in [0.1, 0.15) is 26.3 Å². The van der Waals surface area contributed by atoms with E-state index in [0.717, 1.165) is 21.5 Å². The third-order valence-corrected chi connectivity index (χ3v) is 9.70. The van der Waals surface area contributed by atoms with Crippen molar-refractivity contribution in [3.05, 3.63) is 58.6 Å². The van der Waals surface area contributed by atoms with E-state index in [-0.39, 0.29) is 11.8 Å². The van der Waals surface area contributed by atoms with Crippen molar-refractivity contribution in [1.29, 1.82) is 0 Å². The van der Waals surface area contributed by atoms with Crippen LogP contribution in [0.15, 0.2) is 53.0 Å². The number of hydrogen-bond donors (Lipinski definition) is 0. The van der Waals surface area contributed by atoms with Crippen molar-refractivity contribution in [2.24, 2.45) is 0 Å². The van der Waals surface area contributed by atoms with Crippen molar-refractivity contribution in [3.8, 4) is 11.5 Å². The number of rotatable bonds is 7. The normalized spacial score (nSPS) is 12.1. The largest absolute Gasteiger partial charge is 0.489 e. The van der Waals surface area contributed by atoms with E-state index < -0.39 is 8.32 Å². The number of ether oxygens (including phenoxy) is 2. The maximum absolute atomic E-state index is 6.08. The molecule has 0 radical (unpaired) electrons. The SMILES string of the molecule is CC(C)(C)[Si](C)(C)OCOc1cc(OCc2ccccc2)ccc1Br. The summed E-state index contributed by atoms with van der Waals surface area (Å²) in [5.74, 6) is 1.50. The first-order valence-electron chi connectivity index (χ1n) is 8.42. The van der Waals surface area contributed by atoms with Crippen LogP contribution >= 0.6 is 15.9 Å². The van der Waals surface area contributed by atoms with Gasteiger partial charge < -0.3 is 13.9 Å². The zero-order valence-corrected chi connectivity index (χ0v) is 18.2. The summed E-state index contributed by atoms with van der Waals surface area (Å²) in [6, 6.07) is 15.8. The molecule has 0 N–H and O–H groups in total. The molecule has 5 heteroatoms. The summed E-state index contributed by atoms with van der Waals surface area (Å²) in [5.41, 5.74) is 1.13. The molecule has 2 aromatic carbocycles. The van der Waals surface area contributed by atoms with Gasteiger partial charge in [0.05, 0.1) is 4.47 Å². The van der Waals surface area contributed by atoms with Gasteiger partial charge in [0.1, 0.15) is 18.1 Å². The zero-order valence-electron chi connectivity index (χ0n) is 15.6. The van der Waals surface area contributed by atoms with E-state index in [2.05, 4.69) is 49.8 Å². The molecule has 0 saturated heterocycles. The Kier molecular flexibility index (Phi) is 6.71. The third kappa shape index (κ3) is 5.87. The number of halogens is 1. The fourth-order valence-corrected chi connectivity index (χ4v) is 3.03. The Morgan fingerprint density at radius 2 is 1.64 bits per heavy atom. The van der Waals surface area contributed by atoms with Gasteiger partial charge >= 0.3 is 0 Å². The summed E-state index contributed by atoms with van der Waals surface area (Å²) in [6.45, 7) is 11.8. The summed E-state index contributed by atoms with van der Waals surface area (Å²) in [7, 11) is -1.82. The molecular weight excluding hydrogens is 396 g/mol. The van der Waals surface area contributed by atoms with Crippen molar-refractivity contribution in [2.45, 2.75) is 45.5 Å². The standard InChI is InChI=1S/C20H27BrO3Si/c1-20(2,3)25(4,5)24-15-23-19-13-17(11-12-18(19)21)22-14-16-9-7-6-8-10-16/h6-13H,14-15H2,1-5H3. The van der Waals surface area contributed by atoms with Crippen molar-refractivity contribution in [1.82, 2.24) is 0 Å². The van der Waals surface area contributed by atoms with Gasteiger partial charge in [0.15, 0.2) is 15.1 Å². The minimum Gasteiger partial charge on any atom is -0.489 e. The smallest absolute Gasteiger partial charge is 0.196 e. The van der Waals surface area contributed by atoms with Gasteiger partial charge in [-0.1, -0.05) is 51.1 Å². The quantitative estimate of drug-likeness (QED) is 0.382. The molecular formula is C20H27BrO3Si. The Morgan fingerprint density at radius 3 is 2.28 bits per heavy atom. The van der Waals surface area contributed by atoms with Crippen LogP contribution in [0.25, 0.3) is 0 Å². The van der Waals surface area contributed by atoms with Gasteiger partial charge in [-0.25, -0.2) is 0 Å². The maximum Gasteiger partial charge on any atom is 0.196 e. The van der Waals surface area contributed by atoms with Gasteiger partial charge in [-0.3, -0.25) is 0 Å². The number of hydrogen-bond acceptors (Lipinski definition) is 3. The van der Waals surface area contributed by atoms with Crippen LogP contribution in [0.5, 0.6) is 11.5 Å². The molecule has 0 spiro atoms. The summed E-state index contributed by atoms with van der Waals surface area (Å²) in [4.78, 5) is 0. The maximum atomic E-state index is 6.08. The first-order valence-corrected chi connectivity index (χ1v) is 12.1. The van der Waals surface area contributed by atoms with Crippen molar-refractivity contribution >= 4 is 24.2 Å². The van der Waals surface area contributed by atoms with Crippen LogP contribution in [-0.4, -0.2) is 15.1 Å². The molecule has 0 bridgehead atoms. The van der Waals surface area contributed by atoms with Gasteiger partial charge in [0.2, 0.25) is 0 Å².